The lowest BCUT2D eigenvalue weighted by atomic mass is 9.93. The van der Waals surface area contributed by atoms with Gasteiger partial charge in [0.1, 0.15) is 12.1 Å². The minimum absolute atomic E-state index is 0.109. The largest absolute Gasteiger partial charge is 0.497 e. The van der Waals surface area contributed by atoms with E-state index >= 15 is 0 Å². The van der Waals surface area contributed by atoms with Gasteiger partial charge in [0.25, 0.3) is 5.91 Å². The van der Waals surface area contributed by atoms with E-state index in [0.29, 0.717) is 5.56 Å². The maximum Gasteiger partial charge on any atom is 0.251 e. The number of hydrogen-bond acceptors (Lipinski definition) is 4. The standard InChI is InChI=1S/C25H29N3O2/c1-16(2)23-22(14-26-15-27-23)19-11-18(17-7-9-21(30-6)10-8-17)12-20(13-19)24(29)28-25(3,4)5/h7-16H,1-6H3,(H,28,29). The monoisotopic (exact) mass is 403 g/mol. The predicted molar refractivity (Wildman–Crippen MR) is 121 cm³/mol. The molecule has 0 aliphatic carbocycles. The van der Waals surface area contributed by atoms with Crippen LogP contribution in [0.3, 0.4) is 0 Å². The number of amides is 1. The molecule has 1 amide bonds. The van der Waals surface area contributed by atoms with Gasteiger partial charge in [0.2, 0.25) is 0 Å². The molecule has 0 aliphatic heterocycles. The average molecular weight is 404 g/mol. The van der Waals surface area contributed by atoms with Gasteiger partial charge in [-0.05, 0) is 73.7 Å². The predicted octanol–water partition coefficient (Wildman–Crippen LogP) is 5.47. The van der Waals surface area contributed by atoms with Crippen LogP contribution < -0.4 is 10.1 Å². The summed E-state index contributed by atoms with van der Waals surface area (Å²) < 4.78 is 5.28. The smallest absolute Gasteiger partial charge is 0.251 e. The van der Waals surface area contributed by atoms with Crippen molar-refractivity contribution < 1.29 is 9.53 Å². The lowest BCUT2D eigenvalue weighted by molar-refractivity contribution is 0.0919. The number of ether oxygens (including phenoxy) is 1. The number of aromatic nitrogens is 2. The Morgan fingerprint density at radius 1 is 1.00 bits per heavy atom. The summed E-state index contributed by atoms with van der Waals surface area (Å²) in [5.41, 5.74) is 5.05. The summed E-state index contributed by atoms with van der Waals surface area (Å²) in [4.78, 5) is 21.7. The van der Waals surface area contributed by atoms with Crippen LogP contribution in [0.2, 0.25) is 0 Å². The molecule has 5 nitrogen and oxygen atoms in total. The van der Waals surface area contributed by atoms with E-state index in [1.54, 1.807) is 13.4 Å². The fourth-order valence-electron chi connectivity index (χ4n) is 3.30. The lowest BCUT2D eigenvalue weighted by Gasteiger charge is -2.21. The van der Waals surface area contributed by atoms with Crippen molar-refractivity contribution in [2.24, 2.45) is 0 Å². The Morgan fingerprint density at radius 2 is 1.67 bits per heavy atom. The molecule has 30 heavy (non-hydrogen) atoms. The van der Waals surface area contributed by atoms with E-state index in [1.807, 2.05) is 63.4 Å². The van der Waals surface area contributed by atoms with E-state index in [9.17, 15) is 4.79 Å². The molecular weight excluding hydrogens is 374 g/mol. The Bertz CT molecular complexity index is 1040. The molecule has 3 rings (SSSR count). The molecule has 5 heteroatoms. The summed E-state index contributed by atoms with van der Waals surface area (Å²) in [6.07, 6.45) is 3.39. The molecule has 156 valence electrons. The number of nitrogens with one attached hydrogen (secondary N) is 1. The van der Waals surface area contributed by atoms with Gasteiger partial charge < -0.3 is 10.1 Å². The molecule has 0 saturated heterocycles. The van der Waals surface area contributed by atoms with Crippen LogP contribution in [0.5, 0.6) is 5.75 Å². The minimum Gasteiger partial charge on any atom is -0.497 e. The Morgan fingerprint density at radius 3 is 2.27 bits per heavy atom. The van der Waals surface area contributed by atoms with Gasteiger partial charge in [-0.1, -0.05) is 26.0 Å². The molecule has 1 heterocycles. The van der Waals surface area contributed by atoms with Crippen LogP contribution in [-0.4, -0.2) is 28.5 Å². The van der Waals surface area contributed by atoms with Crippen LogP contribution in [0.1, 0.15) is 56.6 Å². The second kappa shape index (κ2) is 8.66. The highest BCUT2D eigenvalue weighted by Crippen LogP contribution is 2.32. The van der Waals surface area contributed by atoms with Crippen LogP contribution in [0.15, 0.2) is 55.0 Å². The second-order valence-corrected chi connectivity index (χ2v) is 8.71. The van der Waals surface area contributed by atoms with E-state index < -0.39 is 0 Å². The molecule has 0 spiro atoms. The maximum atomic E-state index is 13.0. The minimum atomic E-state index is -0.327. The van der Waals surface area contributed by atoms with Crippen molar-refractivity contribution >= 4 is 5.91 Å². The van der Waals surface area contributed by atoms with Crippen LogP contribution in [0, 0.1) is 0 Å². The maximum absolute atomic E-state index is 13.0. The third-order valence-corrected chi connectivity index (χ3v) is 4.71. The molecule has 1 N–H and O–H groups in total. The number of benzene rings is 2. The van der Waals surface area contributed by atoms with Crippen molar-refractivity contribution in [3.8, 4) is 28.0 Å². The Hall–Kier alpha value is -3.21. The fraction of sp³-hybridized carbons (Fsp3) is 0.320. The molecule has 0 atom stereocenters. The molecule has 2 aromatic carbocycles. The number of methoxy groups -OCH3 is 1. The average Bonchev–Trinajstić information content (AvgIpc) is 2.72. The van der Waals surface area contributed by atoms with Crippen molar-refractivity contribution in [3.63, 3.8) is 0 Å². The van der Waals surface area contributed by atoms with Crippen LogP contribution in [-0.2, 0) is 0 Å². The number of carbonyl (C=O) groups is 1. The molecule has 0 aliphatic rings. The quantitative estimate of drug-likeness (QED) is 0.613. The summed E-state index contributed by atoms with van der Waals surface area (Å²) in [5.74, 6) is 0.917. The zero-order chi connectivity index (χ0) is 21.9. The summed E-state index contributed by atoms with van der Waals surface area (Å²) in [5, 5.41) is 3.06. The Labute approximate surface area is 178 Å². The third-order valence-electron chi connectivity index (χ3n) is 4.71. The number of nitrogens with zero attached hydrogens (tertiary/aromatic N) is 2. The van der Waals surface area contributed by atoms with E-state index in [2.05, 4.69) is 35.2 Å². The van der Waals surface area contributed by atoms with E-state index in [4.69, 9.17) is 4.74 Å². The molecule has 3 aromatic rings. The van der Waals surface area contributed by atoms with Crippen molar-refractivity contribution in [2.75, 3.05) is 7.11 Å². The molecule has 0 radical (unpaired) electrons. The van der Waals surface area contributed by atoms with Gasteiger partial charge in [0, 0.05) is 22.9 Å². The molecule has 0 fully saturated rings. The van der Waals surface area contributed by atoms with Gasteiger partial charge in [0.05, 0.1) is 12.8 Å². The van der Waals surface area contributed by atoms with Crippen molar-refractivity contribution in [1.82, 2.24) is 15.3 Å². The normalized spacial score (nSPS) is 11.4. The van der Waals surface area contributed by atoms with Gasteiger partial charge in [-0.25, -0.2) is 9.97 Å². The van der Waals surface area contributed by atoms with Crippen LogP contribution in [0.25, 0.3) is 22.3 Å². The zero-order valence-electron chi connectivity index (χ0n) is 18.5. The summed E-state index contributed by atoms with van der Waals surface area (Å²) in [7, 11) is 1.65. The highest BCUT2D eigenvalue weighted by atomic mass is 16.5. The zero-order valence-corrected chi connectivity index (χ0v) is 18.5. The first-order valence-corrected chi connectivity index (χ1v) is 10.1. The van der Waals surface area contributed by atoms with Gasteiger partial charge in [-0.15, -0.1) is 0 Å². The highest BCUT2D eigenvalue weighted by Gasteiger charge is 2.19. The number of carbonyl (C=O) groups excluding carboxylic acids is 1. The fourth-order valence-corrected chi connectivity index (χ4v) is 3.30. The first-order valence-electron chi connectivity index (χ1n) is 10.1. The van der Waals surface area contributed by atoms with Crippen molar-refractivity contribution in [1.29, 1.82) is 0 Å². The second-order valence-electron chi connectivity index (χ2n) is 8.71. The van der Waals surface area contributed by atoms with E-state index in [-0.39, 0.29) is 17.4 Å². The summed E-state index contributed by atoms with van der Waals surface area (Å²) in [6, 6.07) is 13.7. The van der Waals surface area contributed by atoms with Crippen molar-refractivity contribution in [2.45, 2.75) is 46.1 Å². The Balaban J connectivity index is 2.17. The van der Waals surface area contributed by atoms with Crippen LogP contribution in [0.4, 0.5) is 0 Å². The molecule has 0 unspecified atom stereocenters. The molecule has 1 aromatic heterocycles. The molecule has 0 bridgehead atoms. The van der Waals surface area contributed by atoms with E-state index in [1.165, 1.54) is 0 Å². The molecule has 0 saturated carbocycles. The SMILES string of the molecule is COc1ccc(-c2cc(C(=O)NC(C)(C)C)cc(-c3cncnc3C(C)C)c2)cc1. The number of hydrogen-bond donors (Lipinski definition) is 1. The van der Waals surface area contributed by atoms with Gasteiger partial charge in [0.15, 0.2) is 0 Å². The molecular formula is C25H29N3O2. The first-order chi connectivity index (χ1) is 14.2. The van der Waals surface area contributed by atoms with Crippen molar-refractivity contribution in [3.05, 3.63) is 66.2 Å². The van der Waals surface area contributed by atoms with Gasteiger partial charge in [-0.2, -0.15) is 0 Å². The van der Waals surface area contributed by atoms with Gasteiger partial charge in [-0.3, -0.25) is 4.79 Å². The Kier molecular flexibility index (Phi) is 6.20. The van der Waals surface area contributed by atoms with E-state index in [0.717, 1.165) is 33.7 Å². The number of rotatable bonds is 5. The van der Waals surface area contributed by atoms with Crippen LogP contribution >= 0.6 is 0 Å². The highest BCUT2D eigenvalue weighted by molar-refractivity contribution is 5.97. The lowest BCUT2D eigenvalue weighted by Crippen LogP contribution is -2.40. The summed E-state index contributed by atoms with van der Waals surface area (Å²) in [6.45, 7) is 10.1. The van der Waals surface area contributed by atoms with Gasteiger partial charge >= 0.3 is 0 Å². The first kappa shape index (κ1) is 21.5. The third kappa shape index (κ3) is 5.03. The topological polar surface area (TPSA) is 64.1 Å². The summed E-state index contributed by atoms with van der Waals surface area (Å²) >= 11 is 0.